The Morgan fingerprint density at radius 1 is 1.26 bits per heavy atom. The molecule has 0 atom stereocenters. The lowest BCUT2D eigenvalue weighted by atomic mass is 10.1. The first kappa shape index (κ1) is 12.0. The minimum absolute atomic E-state index is 0.828. The Labute approximate surface area is 115 Å². The molecule has 0 aliphatic heterocycles. The lowest BCUT2D eigenvalue weighted by Crippen LogP contribution is -1.93. The molecule has 0 saturated carbocycles. The Hall–Kier alpha value is -2.01. The third-order valence-corrected chi connectivity index (χ3v) is 3.85. The molecule has 3 rings (SSSR count). The molecule has 0 N–H and O–H groups in total. The van der Waals surface area contributed by atoms with E-state index in [-0.39, 0.29) is 0 Å². The van der Waals surface area contributed by atoms with Crippen molar-refractivity contribution in [2.24, 2.45) is 0 Å². The Kier molecular flexibility index (Phi) is 3.37. The summed E-state index contributed by atoms with van der Waals surface area (Å²) >= 11 is 1.70. The smallest absolute Gasteiger partial charge is 0.135 e. The summed E-state index contributed by atoms with van der Waals surface area (Å²) in [6.45, 7) is 2.01. The molecule has 0 amide bonds. The van der Waals surface area contributed by atoms with Gasteiger partial charge in [0.05, 0.1) is 10.7 Å². The average molecular weight is 271 g/mol. The second kappa shape index (κ2) is 5.32. The topological polar surface area (TPSA) is 51.8 Å². The molecule has 0 spiro atoms. The van der Waals surface area contributed by atoms with E-state index in [0.717, 1.165) is 40.5 Å². The molecule has 5 heteroatoms. The Morgan fingerprint density at radius 2 is 2.21 bits per heavy atom. The minimum Gasteiger partial charge on any atom is -0.364 e. The zero-order valence-corrected chi connectivity index (χ0v) is 11.4. The first-order chi connectivity index (χ1) is 9.33. The lowest BCUT2D eigenvalue weighted by molar-refractivity contribution is 0.421. The quantitative estimate of drug-likeness (QED) is 0.730. The van der Waals surface area contributed by atoms with Crippen molar-refractivity contribution in [1.82, 2.24) is 15.1 Å². The number of hydrogen-bond acceptors (Lipinski definition) is 5. The molecule has 3 heterocycles. The zero-order valence-electron chi connectivity index (χ0n) is 10.5. The summed E-state index contributed by atoms with van der Waals surface area (Å²) in [5, 5.41) is 7.27. The highest BCUT2D eigenvalue weighted by molar-refractivity contribution is 7.09. The fraction of sp³-hybridized carbons (Fsp3) is 0.214. The van der Waals surface area contributed by atoms with Gasteiger partial charge in [0.25, 0.3) is 0 Å². The van der Waals surface area contributed by atoms with Gasteiger partial charge in [-0.1, -0.05) is 11.2 Å². The maximum absolute atomic E-state index is 5.09. The van der Waals surface area contributed by atoms with E-state index in [0.29, 0.717) is 0 Å². The summed E-state index contributed by atoms with van der Waals surface area (Å²) < 4.78 is 5.09. The number of aryl methyl sites for hydroxylation is 3. The van der Waals surface area contributed by atoms with E-state index in [2.05, 4.69) is 20.5 Å². The number of thiazole rings is 1. The molecule has 96 valence electrons. The van der Waals surface area contributed by atoms with Gasteiger partial charge in [-0.25, -0.2) is 4.98 Å². The van der Waals surface area contributed by atoms with Crippen molar-refractivity contribution in [1.29, 1.82) is 0 Å². The number of aromatic nitrogens is 3. The van der Waals surface area contributed by atoms with Gasteiger partial charge in [0.2, 0.25) is 0 Å². The maximum atomic E-state index is 5.09. The van der Waals surface area contributed by atoms with Crippen LogP contribution in [0.3, 0.4) is 0 Å². The van der Waals surface area contributed by atoms with Crippen LogP contribution in [-0.4, -0.2) is 15.1 Å². The van der Waals surface area contributed by atoms with Gasteiger partial charge in [-0.15, -0.1) is 11.3 Å². The third kappa shape index (κ3) is 2.71. The largest absolute Gasteiger partial charge is 0.364 e. The van der Waals surface area contributed by atoms with Gasteiger partial charge in [-0.3, -0.25) is 4.98 Å². The SMILES string of the molecule is Cc1csc(CCc2conc2-c2ccccn2)n1. The van der Waals surface area contributed by atoms with Crippen LogP contribution < -0.4 is 0 Å². The molecule has 0 aliphatic carbocycles. The Morgan fingerprint density at radius 3 is 2.95 bits per heavy atom. The predicted molar refractivity (Wildman–Crippen MR) is 74.0 cm³/mol. The van der Waals surface area contributed by atoms with Gasteiger partial charge in [0.1, 0.15) is 12.0 Å². The second-order valence-corrected chi connectivity index (χ2v) is 5.23. The van der Waals surface area contributed by atoms with E-state index in [4.69, 9.17) is 4.52 Å². The fourth-order valence-corrected chi connectivity index (χ4v) is 2.68. The first-order valence-corrected chi connectivity index (χ1v) is 6.96. The number of nitrogens with zero attached hydrogens (tertiary/aromatic N) is 3. The van der Waals surface area contributed by atoms with Crippen LogP contribution in [0.5, 0.6) is 0 Å². The van der Waals surface area contributed by atoms with Gasteiger partial charge >= 0.3 is 0 Å². The van der Waals surface area contributed by atoms with Crippen LogP contribution in [0.15, 0.2) is 40.6 Å². The number of hydrogen-bond donors (Lipinski definition) is 0. The number of pyridine rings is 1. The van der Waals surface area contributed by atoms with Crippen LogP contribution in [0.2, 0.25) is 0 Å². The average Bonchev–Trinajstić information content (AvgIpc) is 3.06. The van der Waals surface area contributed by atoms with Gasteiger partial charge in [0, 0.05) is 29.3 Å². The van der Waals surface area contributed by atoms with Crippen molar-refractivity contribution in [2.75, 3.05) is 0 Å². The van der Waals surface area contributed by atoms with Gasteiger partial charge in [0.15, 0.2) is 0 Å². The molecule has 0 aromatic carbocycles. The predicted octanol–water partition coefficient (Wildman–Crippen LogP) is 3.29. The normalized spacial score (nSPS) is 10.8. The van der Waals surface area contributed by atoms with Crippen molar-refractivity contribution in [3.63, 3.8) is 0 Å². The highest BCUT2D eigenvalue weighted by Crippen LogP contribution is 2.21. The molecular formula is C14H13N3OS. The highest BCUT2D eigenvalue weighted by atomic mass is 32.1. The van der Waals surface area contributed by atoms with Crippen molar-refractivity contribution in [3.05, 3.63) is 52.3 Å². The molecule has 0 unspecified atom stereocenters. The monoisotopic (exact) mass is 271 g/mol. The lowest BCUT2D eigenvalue weighted by Gasteiger charge is -1.99. The van der Waals surface area contributed by atoms with Crippen LogP contribution in [0.25, 0.3) is 11.4 Å². The molecule has 0 bridgehead atoms. The second-order valence-electron chi connectivity index (χ2n) is 4.29. The first-order valence-electron chi connectivity index (χ1n) is 6.08. The Bertz CT molecular complexity index is 660. The Balaban J connectivity index is 1.77. The molecule has 19 heavy (non-hydrogen) atoms. The number of rotatable bonds is 4. The zero-order chi connectivity index (χ0) is 13.1. The van der Waals surface area contributed by atoms with Gasteiger partial charge in [-0.2, -0.15) is 0 Å². The van der Waals surface area contributed by atoms with Crippen LogP contribution in [0.4, 0.5) is 0 Å². The van der Waals surface area contributed by atoms with Crippen molar-refractivity contribution in [3.8, 4) is 11.4 Å². The summed E-state index contributed by atoms with van der Waals surface area (Å²) in [6, 6.07) is 5.78. The molecular weight excluding hydrogens is 258 g/mol. The summed E-state index contributed by atoms with van der Waals surface area (Å²) in [5.74, 6) is 0. The van der Waals surface area contributed by atoms with E-state index in [1.807, 2.05) is 25.1 Å². The minimum atomic E-state index is 0.828. The van der Waals surface area contributed by atoms with Crippen molar-refractivity contribution in [2.45, 2.75) is 19.8 Å². The summed E-state index contributed by atoms with van der Waals surface area (Å²) in [5.41, 5.74) is 3.83. The van der Waals surface area contributed by atoms with Crippen LogP contribution in [-0.2, 0) is 12.8 Å². The summed E-state index contributed by atoms with van der Waals surface area (Å²) in [7, 11) is 0. The summed E-state index contributed by atoms with van der Waals surface area (Å²) in [4.78, 5) is 8.77. The molecule has 0 saturated heterocycles. The molecule has 0 aliphatic rings. The van der Waals surface area contributed by atoms with Gasteiger partial charge < -0.3 is 4.52 Å². The molecule has 3 aromatic heterocycles. The van der Waals surface area contributed by atoms with E-state index >= 15 is 0 Å². The molecule has 0 fully saturated rings. The maximum Gasteiger partial charge on any atom is 0.135 e. The van der Waals surface area contributed by atoms with E-state index in [1.54, 1.807) is 23.8 Å². The highest BCUT2D eigenvalue weighted by Gasteiger charge is 2.11. The third-order valence-electron chi connectivity index (χ3n) is 2.83. The van der Waals surface area contributed by atoms with Crippen LogP contribution in [0, 0.1) is 6.92 Å². The molecule has 4 nitrogen and oxygen atoms in total. The van der Waals surface area contributed by atoms with Crippen molar-refractivity contribution >= 4 is 11.3 Å². The van der Waals surface area contributed by atoms with E-state index in [1.165, 1.54) is 0 Å². The van der Waals surface area contributed by atoms with Crippen LogP contribution >= 0.6 is 11.3 Å². The van der Waals surface area contributed by atoms with E-state index in [9.17, 15) is 0 Å². The molecule has 0 radical (unpaired) electrons. The summed E-state index contributed by atoms with van der Waals surface area (Å²) in [6.07, 6.45) is 5.23. The standard InChI is InChI=1S/C14H13N3OS/c1-10-9-19-13(16-10)6-5-11-8-18-17-14(11)12-4-2-3-7-15-12/h2-4,7-9H,5-6H2,1H3. The van der Waals surface area contributed by atoms with Crippen molar-refractivity contribution < 1.29 is 4.52 Å². The van der Waals surface area contributed by atoms with Gasteiger partial charge in [-0.05, 0) is 25.5 Å². The fourth-order valence-electron chi connectivity index (χ4n) is 1.91. The van der Waals surface area contributed by atoms with Crippen LogP contribution in [0.1, 0.15) is 16.3 Å². The molecule has 3 aromatic rings. The van der Waals surface area contributed by atoms with E-state index < -0.39 is 0 Å².